The van der Waals surface area contributed by atoms with Gasteiger partial charge in [0.15, 0.2) is 5.13 Å². The summed E-state index contributed by atoms with van der Waals surface area (Å²) >= 11 is 1.57. The first-order valence-corrected chi connectivity index (χ1v) is 11.0. The zero-order valence-corrected chi connectivity index (χ0v) is 17.9. The number of hydrogen-bond acceptors (Lipinski definition) is 5. The van der Waals surface area contributed by atoms with Gasteiger partial charge in [-0.05, 0) is 42.8 Å². The van der Waals surface area contributed by atoms with Crippen LogP contribution in [0.25, 0.3) is 10.2 Å². The van der Waals surface area contributed by atoms with Crippen molar-refractivity contribution < 1.29 is 14.3 Å². The van der Waals surface area contributed by atoms with Gasteiger partial charge in [-0.25, -0.2) is 4.98 Å². The van der Waals surface area contributed by atoms with Crippen LogP contribution in [0.4, 0.5) is 5.13 Å². The topological polar surface area (TPSA) is 51.7 Å². The molecule has 1 heterocycles. The quantitative estimate of drug-likeness (QED) is 0.380. The average Bonchev–Trinajstić information content (AvgIpc) is 3.18. The second-order valence-electron chi connectivity index (χ2n) is 6.84. The van der Waals surface area contributed by atoms with E-state index in [0.717, 1.165) is 39.7 Å². The molecule has 0 aliphatic heterocycles. The van der Waals surface area contributed by atoms with Gasteiger partial charge in [-0.1, -0.05) is 49.7 Å². The van der Waals surface area contributed by atoms with Crippen molar-refractivity contribution in [1.82, 2.24) is 4.98 Å². The maximum Gasteiger partial charge on any atom is 0.232 e. The number of ether oxygens (including phenoxy) is 2. The number of carbonyl (C=O) groups excluding carboxylic acids is 1. The summed E-state index contributed by atoms with van der Waals surface area (Å²) in [6.07, 6.45) is 4.77. The number of fused-ring (bicyclic) bond motifs is 1. The van der Waals surface area contributed by atoms with E-state index in [1.165, 1.54) is 12.8 Å². The lowest BCUT2D eigenvalue weighted by Crippen LogP contribution is -2.32. The molecular formula is C23H28N2O3S. The third kappa shape index (κ3) is 5.94. The molecule has 0 aliphatic rings. The van der Waals surface area contributed by atoms with Crippen LogP contribution >= 0.6 is 11.3 Å². The molecule has 0 saturated carbocycles. The molecule has 0 N–H and O–H groups in total. The predicted octanol–water partition coefficient (Wildman–Crippen LogP) is 5.69. The van der Waals surface area contributed by atoms with Gasteiger partial charge in [0, 0.05) is 6.54 Å². The van der Waals surface area contributed by atoms with Crippen molar-refractivity contribution in [2.24, 2.45) is 0 Å². The lowest BCUT2D eigenvalue weighted by atomic mass is 10.2. The summed E-state index contributed by atoms with van der Waals surface area (Å²) in [4.78, 5) is 19.5. The summed E-state index contributed by atoms with van der Waals surface area (Å²) in [5.74, 6) is 1.56. The molecule has 3 rings (SSSR count). The molecule has 3 aromatic rings. The van der Waals surface area contributed by atoms with Gasteiger partial charge in [-0.3, -0.25) is 9.69 Å². The minimum Gasteiger partial charge on any atom is -0.497 e. The second kappa shape index (κ2) is 10.8. The first-order chi connectivity index (χ1) is 14.2. The number of benzene rings is 2. The van der Waals surface area contributed by atoms with Crippen LogP contribution < -0.4 is 14.4 Å². The number of aromatic nitrogens is 1. The van der Waals surface area contributed by atoms with E-state index in [4.69, 9.17) is 9.47 Å². The van der Waals surface area contributed by atoms with Crippen molar-refractivity contribution in [2.45, 2.75) is 39.0 Å². The summed E-state index contributed by atoms with van der Waals surface area (Å²) in [5.41, 5.74) is 0.938. The lowest BCUT2D eigenvalue weighted by Gasteiger charge is -2.20. The van der Waals surface area contributed by atoms with Gasteiger partial charge in [0.1, 0.15) is 11.5 Å². The van der Waals surface area contributed by atoms with Crippen molar-refractivity contribution in [1.29, 1.82) is 0 Å². The highest BCUT2D eigenvalue weighted by Crippen LogP contribution is 2.29. The highest BCUT2D eigenvalue weighted by atomic mass is 32.1. The molecule has 5 nitrogen and oxygen atoms in total. The first-order valence-electron chi connectivity index (χ1n) is 10.1. The highest BCUT2D eigenvalue weighted by Gasteiger charge is 2.19. The minimum absolute atomic E-state index is 0.0501. The van der Waals surface area contributed by atoms with Crippen LogP contribution in [0.3, 0.4) is 0 Å². The Balaban J connectivity index is 1.63. The fourth-order valence-electron chi connectivity index (χ4n) is 3.06. The normalized spacial score (nSPS) is 10.8. The van der Waals surface area contributed by atoms with Gasteiger partial charge < -0.3 is 9.47 Å². The van der Waals surface area contributed by atoms with Gasteiger partial charge in [-0.15, -0.1) is 0 Å². The van der Waals surface area contributed by atoms with Crippen molar-refractivity contribution in [3.8, 4) is 11.5 Å². The van der Waals surface area contributed by atoms with Crippen LogP contribution in [-0.4, -0.2) is 31.2 Å². The maximum atomic E-state index is 13.0. The number of thiazole rings is 1. The fraction of sp³-hybridized carbons (Fsp3) is 0.391. The van der Waals surface area contributed by atoms with E-state index in [9.17, 15) is 4.79 Å². The largest absolute Gasteiger partial charge is 0.497 e. The number of amides is 1. The van der Waals surface area contributed by atoms with E-state index < -0.39 is 0 Å². The standard InChI is InChI=1S/C23H28N2O3S/c1-3-4-5-8-16-25(23-24-20-9-6-7-10-21(20)29-23)22(26)15-17-28-19-13-11-18(27-2)12-14-19/h6-7,9-14H,3-5,8,15-17H2,1-2H3. The molecule has 1 aromatic heterocycles. The van der Waals surface area contributed by atoms with Gasteiger partial charge in [0.25, 0.3) is 0 Å². The Kier molecular flexibility index (Phi) is 7.87. The summed E-state index contributed by atoms with van der Waals surface area (Å²) < 4.78 is 12.0. The van der Waals surface area contributed by atoms with Crippen LogP contribution in [0.5, 0.6) is 11.5 Å². The smallest absolute Gasteiger partial charge is 0.232 e. The molecular weight excluding hydrogens is 384 g/mol. The first kappa shape index (κ1) is 21.1. The molecule has 0 fully saturated rings. The van der Waals surface area contributed by atoms with Crippen molar-refractivity contribution >= 4 is 32.6 Å². The molecule has 0 saturated heterocycles. The second-order valence-corrected chi connectivity index (χ2v) is 7.85. The Morgan fingerprint density at radius 2 is 1.79 bits per heavy atom. The molecule has 1 amide bonds. The van der Waals surface area contributed by atoms with Gasteiger partial charge in [-0.2, -0.15) is 0 Å². The average molecular weight is 413 g/mol. The molecule has 0 atom stereocenters. The van der Waals surface area contributed by atoms with E-state index in [-0.39, 0.29) is 5.91 Å². The zero-order valence-electron chi connectivity index (χ0n) is 17.1. The van der Waals surface area contributed by atoms with E-state index in [2.05, 4.69) is 11.9 Å². The fourth-order valence-corrected chi connectivity index (χ4v) is 4.07. The molecule has 0 radical (unpaired) electrons. The van der Waals surface area contributed by atoms with Crippen LogP contribution in [0, 0.1) is 0 Å². The zero-order chi connectivity index (χ0) is 20.5. The van der Waals surface area contributed by atoms with Crippen LogP contribution in [-0.2, 0) is 4.79 Å². The number of carbonyl (C=O) groups is 1. The molecule has 154 valence electrons. The van der Waals surface area contributed by atoms with E-state index in [1.807, 2.05) is 53.4 Å². The Labute approximate surface area is 176 Å². The highest BCUT2D eigenvalue weighted by molar-refractivity contribution is 7.22. The van der Waals surface area contributed by atoms with Gasteiger partial charge >= 0.3 is 0 Å². The molecule has 0 aliphatic carbocycles. The van der Waals surface area contributed by atoms with Gasteiger partial charge in [0.05, 0.1) is 30.4 Å². The van der Waals surface area contributed by atoms with Gasteiger partial charge in [0.2, 0.25) is 5.91 Å². The van der Waals surface area contributed by atoms with Crippen molar-refractivity contribution in [3.05, 3.63) is 48.5 Å². The Bertz CT molecular complexity index is 875. The number of anilines is 1. The number of para-hydroxylation sites is 1. The number of rotatable bonds is 11. The Morgan fingerprint density at radius 1 is 1.03 bits per heavy atom. The Morgan fingerprint density at radius 3 is 2.52 bits per heavy atom. The monoisotopic (exact) mass is 412 g/mol. The molecule has 6 heteroatoms. The number of nitrogens with zero attached hydrogens (tertiary/aromatic N) is 2. The third-order valence-electron chi connectivity index (χ3n) is 4.69. The van der Waals surface area contributed by atoms with Crippen LogP contribution in [0.15, 0.2) is 48.5 Å². The molecule has 2 aromatic carbocycles. The third-order valence-corrected chi connectivity index (χ3v) is 5.75. The SMILES string of the molecule is CCCCCCN(C(=O)CCOc1ccc(OC)cc1)c1nc2ccccc2s1. The molecule has 0 unspecified atom stereocenters. The molecule has 29 heavy (non-hydrogen) atoms. The van der Waals surface area contributed by atoms with Crippen LogP contribution in [0.1, 0.15) is 39.0 Å². The summed E-state index contributed by atoms with van der Waals surface area (Å²) in [7, 11) is 1.63. The minimum atomic E-state index is 0.0501. The molecule has 0 bridgehead atoms. The predicted molar refractivity (Wildman–Crippen MR) is 119 cm³/mol. The van der Waals surface area contributed by atoms with Crippen LogP contribution in [0.2, 0.25) is 0 Å². The Hall–Kier alpha value is -2.60. The number of methoxy groups -OCH3 is 1. The van der Waals surface area contributed by atoms with Crippen molar-refractivity contribution in [3.63, 3.8) is 0 Å². The number of hydrogen-bond donors (Lipinski definition) is 0. The molecule has 0 spiro atoms. The van der Waals surface area contributed by atoms with E-state index in [1.54, 1.807) is 18.4 Å². The summed E-state index contributed by atoms with van der Waals surface area (Å²) in [5, 5.41) is 0.775. The maximum absolute atomic E-state index is 13.0. The summed E-state index contributed by atoms with van der Waals surface area (Å²) in [6, 6.07) is 15.4. The van der Waals surface area contributed by atoms with E-state index in [0.29, 0.717) is 19.6 Å². The van der Waals surface area contributed by atoms with E-state index >= 15 is 0 Å². The number of unbranched alkanes of at least 4 members (excludes halogenated alkanes) is 3. The summed E-state index contributed by atoms with van der Waals surface area (Å²) in [6.45, 7) is 3.22. The van der Waals surface area contributed by atoms with Crippen molar-refractivity contribution in [2.75, 3.05) is 25.2 Å². The lowest BCUT2D eigenvalue weighted by molar-refractivity contribution is -0.119.